The van der Waals surface area contributed by atoms with Crippen molar-refractivity contribution in [3.05, 3.63) is 78.8 Å². The van der Waals surface area contributed by atoms with Crippen LogP contribution in [0.3, 0.4) is 0 Å². The van der Waals surface area contributed by atoms with E-state index in [-0.39, 0.29) is 11.6 Å². The van der Waals surface area contributed by atoms with Crippen molar-refractivity contribution in [2.45, 2.75) is 18.4 Å². The predicted molar refractivity (Wildman–Crippen MR) is 140 cm³/mol. The molecule has 0 unspecified atom stereocenters. The lowest BCUT2D eigenvalue weighted by Crippen LogP contribution is -2.15. The molecule has 2 aromatic carbocycles. The van der Waals surface area contributed by atoms with Crippen molar-refractivity contribution in [2.24, 2.45) is 0 Å². The number of methoxy groups -OCH3 is 1. The van der Waals surface area contributed by atoms with E-state index in [0.717, 1.165) is 35.2 Å². The van der Waals surface area contributed by atoms with Crippen LogP contribution in [0.15, 0.2) is 72.0 Å². The van der Waals surface area contributed by atoms with Crippen molar-refractivity contribution in [3.63, 3.8) is 0 Å². The molecule has 9 nitrogen and oxygen atoms in total. The zero-order valence-corrected chi connectivity index (χ0v) is 21.1. The number of sulfonamides is 1. The van der Waals surface area contributed by atoms with Gasteiger partial charge >= 0.3 is 0 Å². The molecule has 194 valence electrons. The van der Waals surface area contributed by atoms with Gasteiger partial charge < -0.3 is 10.5 Å². The summed E-state index contributed by atoms with van der Waals surface area (Å²) >= 11 is 0. The molecule has 0 radical (unpaired) electrons. The Labute approximate surface area is 217 Å². The van der Waals surface area contributed by atoms with Gasteiger partial charge in [-0.15, -0.1) is 0 Å². The molecule has 5 aromatic rings. The molecule has 3 N–H and O–H groups in total. The van der Waals surface area contributed by atoms with E-state index >= 15 is 0 Å². The normalized spacial score (nSPS) is 11.6. The highest BCUT2D eigenvalue weighted by molar-refractivity contribution is 7.92. The summed E-state index contributed by atoms with van der Waals surface area (Å²) < 4.78 is 62.5. The van der Waals surface area contributed by atoms with Gasteiger partial charge in [-0.3, -0.25) is 9.40 Å². The fraction of sp³-hybridized carbons (Fsp3) is 0.115. The van der Waals surface area contributed by atoms with Crippen molar-refractivity contribution in [2.75, 3.05) is 17.6 Å². The molecule has 0 aliphatic carbocycles. The van der Waals surface area contributed by atoms with Gasteiger partial charge in [0.1, 0.15) is 28.0 Å². The van der Waals surface area contributed by atoms with E-state index in [1.165, 1.54) is 19.4 Å². The van der Waals surface area contributed by atoms with Gasteiger partial charge in [0, 0.05) is 47.1 Å². The third kappa shape index (κ3) is 4.73. The minimum Gasteiger partial charge on any atom is -0.480 e. The van der Waals surface area contributed by atoms with Crippen LogP contribution in [0.1, 0.15) is 6.92 Å². The Morgan fingerprint density at radius 3 is 2.55 bits per heavy atom. The molecule has 38 heavy (non-hydrogen) atoms. The van der Waals surface area contributed by atoms with Gasteiger partial charge in [0.15, 0.2) is 0 Å². The molecule has 0 saturated carbocycles. The second kappa shape index (κ2) is 9.71. The number of nitrogens with two attached hydrogens (primary N) is 1. The van der Waals surface area contributed by atoms with Crippen molar-refractivity contribution in [3.8, 4) is 28.1 Å². The topological polar surface area (TPSA) is 125 Å². The molecule has 0 saturated heterocycles. The zero-order chi connectivity index (χ0) is 27.0. The minimum absolute atomic E-state index is 0.0167. The molecule has 0 bridgehead atoms. The van der Waals surface area contributed by atoms with Crippen molar-refractivity contribution in [1.29, 1.82) is 0 Å². The highest BCUT2D eigenvalue weighted by Crippen LogP contribution is 2.34. The number of benzene rings is 2. The van der Waals surface area contributed by atoms with Crippen LogP contribution in [-0.2, 0) is 16.6 Å². The Morgan fingerprint density at radius 1 is 1.03 bits per heavy atom. The fourth-order valence-corrected chi connectivity index (χ4v) is 5.13. The van der Waals surface area contributed by atoms with E-state index in [0.29, 0.717) is 28.5 Å². The number of fused-ring (bicyclic) bond motifs is 1. The molecule has 0 atom stereocenters. The molecule has 5 rings (SSSR count). The number of ether oxygens (including phenoxy) is 1. The van der Waals surface area contributed by atoms with Crippen LogP contribution in [0.4, 0.5) is 20.3 Å². The molecule has 3 aromatic heterocycles. The lowest BCUT2D eigenvalue weighted by molar-refractivity contribution is 0.400. The molecule has 3 heterocycles. The van der Waals surface area contributed by atoms with Crippen LogP contribution in [0.2, 0.25) is 0 Å². The monoisotopic (exact) mass is 536 g/mol. The number of aromatic nitrogens is 4. The van der Waals surface area contributed by atoms with Gasteiger partial charge in [-0.2, -0.15) is 5.10 Å². The first-order chi connectivity index (χ1) is 18.2. The minimum atomic E-state index is -4.41. The van der Waals surface area contributed by atoms with Gasteiger partial charge in [0.2, 0.25) is 5.88 Å². The highest BCUT2D eigenvalue weighted by Gasteiger charge is 2.22. The summed E-state index contributed by atoms with van der Waals surface area (Å²) in [6, 6.07) is 11.1. The number of aryl methyl sites for hydroxylation is 1. The SMILES string of the molecule is CCn1cc(-c2cc3cc(-c4cnc(OC)c(NS(=O)(=O)c5ccc(F)cc5F)c4)ccc3nc2N)cn1. The lowest BCUT2D eigenvalue weighted by atomic mass is 10.0. The van der Waals surface area contributed by atoms with Crippen molar-refractivity contribution < 1.29 is 21.9 Å². The summed E-state index contributed by atoms with van der Waals surface area (Å²) in [6.45, 7) is 2.70. The van der Waals surface area contributed by atoms with Gasteiger partial charge in [-0.25, -0.2) is 27.2 Å². The quantitative estimate of drug-likeness (QED) is 0.305. The Morgan fingerprint density at radius 2 is 1.84 bits per heavy atom. The van der Waals surface area contributed by atoms with Crippen molar-refractivity contribution >= 4 is 32.4 Å². The van der Waals surface area contributed by atoms with E-state index in [2.05, 4.69) is 19.8 Å². The molecule has 0 fully saturated rings. The maximum absolute atomic E-state index is 14.2. The first-order valence-corrected chi connectivity index (χ1v) is 12.9. The third-order valence-electron chi connectivity index (χ3n) is 5.92. The second-order valence-corrected chi connectivity index (χ2v) is 10.0. The van der Waals surface area contributed by atoms with Crippen LogP contribution in [0.25, 0.3) is 33.2 Å². The predicted octanol–water partition coefficient (Wildman–Crippen LogP) is 4.85. The van der Waals surface area contributed by atoms with E-state index in [4.69, 9.17) is 10.5 Å². The van der Waals surface area contributed by atoms with Gasteiger partial charge in [-0.05, 0) is 48.9 Å². The fourth-order valence-electron chi connectivity index (χ4n) is 4.02. The first kappa shape index (κ1) is 25.1. The number of rotatable bonds is 7. The average Bonchev–Trinajstić information content (AvgIpc) is 3.36. The largest absolute Gasteiger partial charge is 0.480 e. The van der Waals surface area contributed by atoms with E-state index in [1.54, 1.807) is 23.0 Å². The lowest BCUT2D eigenvalue weighted by Gasteiger charge is -2.13. The van der Waals surface area contributed by atoms with Gasteiger partial charge in [0.05, 0.1) is 18.8 Å². The summed E-state index contributed by atoms with van der Waals surface area (Å²) in [5.74, 6) is -1.76. The molecule has 0 aliphatic heterocycles. The van der Waals surface area contributed by atoms with Crippen LogP contribution >= 0.6 is 0 Å². The maximum Gasteiger partial charge on any atom is 0.264 e. The summed E-state index contributed by atoms with van der Waals surface area (Å²) in [5.41, 5.74) is 9.70. The Bertz CT molecular complexity index is 1790. The molecule has 12 heteroatoms. The number of hydrogen-bond donors (Lipinski definition) is 2. The van der Waals surface area contributed by atoms with Gasteiger partial charge in [0.25, 0.3) is 10.0 Å². The molecule has 0 amide bonds. The van der Waals surface area contributed by atoms with Gasteiger partial charge in [-0.1, -0.05) is 6.07 Å². The van der Waals surface area contributed by atoms with E-state index < -0.39 is 26.6 Å². The second-order valence-electron chi connectivity index (χ2n) is 8.37. The summed E-state index contributed by atoms with van der Waals surface area (Å²) in [5, 5.41) is 5.09. The number of nitrogen functional groups attached to an aromatic ring is 1. The Hall–Kier alpha value is -4.58. The van der Waals surface area contributed by atoms with Crippen LogP contribution in [0, 0.1) is 11.6 Å². The van der Waals surface area contributed by atoms with Crippen LogP contribution < -0.4 is 15.2 Å². The Kier molecular flexibility index (Phi) is 6.41. The zero-order valence-electron chi connectivity index (χ0n) is 20.3. The summed E-state index contributed by atoms with van der Waals surface area (Å²) in [6.07, 6.45) is 5.13. The molecular formula is C26H22F2N6O3S. The van der Waals surface area contributed by atoms with E-state index in [9.17, 15) is 17.2 Å². The standard InChI is InChI=1S/C26H22F2N6O3S/c1-3-34-14-18(13-31-34)20-9-16-8-15(4-6-22(16)32-25(20)29)17-10-23(26(37-2)30-12-17)33-38(35,36)24-7-5-19(27)11-21(24)28/h4-14,33H,3H2,1-2H3,(H2,29,32). The van der Waals surface area contributed by atoms with Crippen LogP contribution in [-0.4, -0.2) is 35.3 Å². The number of pyridine rings is 2. The number of nitrogens with zero attached hydrogens (tertiary/aromatic N) is 4. The van der Waals surface area contributed by atoms with Crippen molar-refractivity contribution in [1.82, 2.24) is 19.7 Å². The summed E-state index contributed by atoms with van der Waals surface area (Å²) in [7, 11) is -3.09. The molecule has 0 spiro atoms. The summed E-state index contributed by atoms with van der Waals surface area (Å²) in [4.78, 5) is 8.02. The first-order valence-electron chi connectivity index (χ1n) is 11.4. The third-order valence-corrected chi connectivity index (χ3v) is 7.32. The number of hydrogen-bond acceptors (Lipinski definition) is 7. The number of halogens is 2. The molecular weight excluding hydrogens is 514 g/mol. The highest BCUT2D eigenvalue weighted by atomic mass is 32.2. The smallest absolute Gasteiger partial charge is 0.264 e. The number of nitrogens with one attached hydrogen (secondary N) is 1. The molecule has 0 aliphatic rings. The number of anilines is 2. The van der Waals surface area contributed by atoms with E-state index in [1.807, 2.05) is 25.3 Å². The van der Waals surface area contributed by atoms with Crippen LogP contribution in [0.5, 0.6) is 5.88 Å². The Balaban J connectivity index is 1.54. The maximum atomic E-state index is 14.2. The average molecular weight is 537 g/mol.